The van der Waals surface area contributed by atoms with E-state index in [9.17, 15) is 9.59 Å². The lowest BCUT2D eigenvalue weighted by Crippen LogP contribution is -2.36. The zero-order valence-electron chi connectivity index (χ0n) is 18.4. The van der Waals surface area contributed by atoms with Crippen LogP contribution in [0.5, 0.6) is 5.75 Å². The molecule has 2 heterocycles. The molecule has 1 aromatic carbocycles. The Morgan fingerprint density at radius 1 is 1.30 bits per heavy atom. The third-order valence-electron chi connectivity index (χ3n) is 5.43. The molecule has 1 unspecified atom stereocenters. The number of likely N-dealkylation sites (tertiary alicyclic amines) is 1. The van der Waals surface area contributed by atoms with Gasteiger partial charge in [-0.1, -0.05) is 26.0 Å². The van der Waals surface area contributed by atoms with Crippen LogP contribution in [-0.2, 0) is 24.8 Å². The smallest absolute Gasteiger partial charge is 0.269 e. The highest BCUT2D eigenvalue weighted by Gasteiger charge is 2.25. The Morgan fingerprint density at radius 2 is 2.10 bits per heavy atom. The number of aryl methyl sites for hydroxylation is 1. The highest BCUT2D eigenvalue weighted by molar-refractivity contribution is 5.93. The molecule has 0 saturated carbocycles. The topological polar surface area (TPSA) is 76.5 Å². The van der Waals surface area contributed by atoms with Gasteiger partial charge in [-0.25, -0.2) is 0 Å². The van der Waals surface area contributed by atoms with Crippen LogP contribution in [0.15, 0.2) is 30.3 Å². The van der Waals surface area contributed by atoms with Crippen molar-refractivity contribution in [2.75, 3.05) is 13.7 Å². The second kappa shape index (κ2) is 9.78. The molecule has 0 bridgehead atoms. The van der Waals surface area contributed by atoms with E-state index in [4.69, 9.17) is 4.74 Å². The van der Waals surface area contributed by atoms with E-state index >= 15 is 0 Å². The van der Waals surface area contributed by atoms with Gasteiger partial charge in [-0.3, -0.25) is 14.3 Å². The maximum atomic E-state index is 12.8. The van der Waals surface area contributed by atoms with Crippen molar-refractivity contribution < 1.29 is 14.3 Å². The third kappa shape index (κ3) is 5.62. The first-order chi connectivity index (χ1) is 14.4. The number of aromatic nitrogens is 2. The first kappa shape index (κ1) is 21.9. The summed E-state index contributed by atoms with van der Waals surface area (Å²) in [5.74, 6) is 1.26. The summed E-state index contributed by atoms with van der Waals surface area (Å²) < 4.78 is 6.92. The van der Waals surface area contributed by atoms with Gasteiger partial charge in [-0.2, -0.15) is 5.10 Å². The third-order valence-corrected chi connectivity index (χ3v) is 5.43. The fourth-order valence-corrected chi connectivity index (χ4v) is 3.86. The predicted molar refractivity (Wildman–Crippen MR) is 115 cm³/mol. The Morgan fingerprint density at radius 3 is 2.83 bits per heavy atom. The van der Waals surface area contributed by atoms with Gasteiger partial charge in [-0.15, -0.1) is 0 Å². The number of carbonyl (C=O) groups is 2. The van der Waals surface area contributed by atoms with Crippen molar-refractivity contribution in [1.29, 1.82) is 0 Å². The molecule has 1 N–H and O–H groups in total. The van der Waals surface area contributed by atoms with Crippen molar-refractivity contribution in [3.05, 3.63) is 47.3 Å². The number of carbonyl (C=O) groups excluding carboxylic acids is 2. The SMILES string of the molecule is COc1cccc(CN2CCC(NC(=O)c3cc(CC(C)C)nn3C)CCC2=O)c1. The Hall–Kier alpha value is -2.83. The van der Waals surface area contributed by atoms with E-state index < -0.39 is 0 Å². The Kier molecular flexibility index (Phi) is 7.13. The van der Waals surface area contributed by atoms with Crippen molar-refractivity contribution in [3.8, 4) is 5.75 Å². The van der Waals surface area contributed by atoms with Gasteiger partial charge in [0, 0.05) is 32.6 Å². The summed E-state index contributed by atoms with van der Waals surface area (Å²) in [6.07, 6.45) is 2.66. The van der Waals surface area contributed by atoms with Crippen molar-refractivity contribution in [2.45, 2.75) is 52.1 Å². The molecule has 1 atom stereocenters. The van der Waals surface area contributed by atoms with Crippen LogP contribution in [0, 0.1) is 5.92 Å². The summed E-state index contributed by atoms with van der Waals surface area (Å²) in [4.78, 5) is 27.3. The first-order valence-electron chi connectivity index (χ1n) is 10.6. The minimum absolute atomic E-state index is 0.0276. The van der Waals surface area contributed by atoms with Gasteiger partial charge in [0.15, 0.2) is 0 Å². The zero-order valence-corrected chi connectivity index (χ0v) is 18.4. The zero-order chi connectivity index (χ0) is 21.7. The van der Waals surface area contributed by atoms with Crippen LogP contribution < -0.4 is 10.1 Å². The van der Waals surface area contributed by atoms with E-state index in [2.05, 4.69) is 24.3 Å². The molecule has 2 aromatic rings. The number of ether oxygens (including phenoxy) is 1. The summed E-state index contributed by atoms with van der Waals surface area (Å²) in [5.41, 5.74) is 2.53. The van der Waals surface area contributed by atoms with Crippen LogP contribution in [0.2, 0.25) is 0 Å². The first-order valence-corrected chi connectivity index (χ1v) is 10.6. The largest absolute Gasteiger partial charge is 0.497 e. The molecule has 0 aliphatic carbocycles. The highest BCUT2D eigenvalue weighted by atomic mass is 16.5. The van der Waals surface area contributed by atoms with Gasteiger partial charge in [0.2, 0.25) is 5.91 Å². The van der Waals surface area contributed by atoms with Gasteiger partial charge in [-0.05, 0) is 48.9 Å². The monoisotopic (exact) mass is 412 g/mol. The van der Waals surface area contributed by atoms with Crippen LogP contribution in [-0.4, -0.2) is 46.2 Å². The second-order valence-corrected chi connectivity index (χ2v) is 8.41. The number of benzene rings is 1. The molecule has 1 saturated heterocycles. The van der Waals surface area contributed by atoms with Crippen molar-refractivity contribution >= 4 is 11.8 Å². The van der Waals surface area contributed by atoms with E-state index in [1.54, 1.807) is 18.8 Å². The maximum Gasteiger partial charge on any atom is 0.269 e. The molecule has 1 aliphatic rings. The predicted octanol–water partition coefficient (Wildman–Crippen LogP) is 2.94. The lowest BCUT2D eigenvalue weighted by Gasteiger charge is -2.21. The number of hydrogen-bond acceptors (Lipinski definition) is 4. The molecular formula is C23H32N4O3. The van der Waals surface area contributed by atoms with Crippen LogP contribution in [0.25, 0.3) is 0 Å². The van der Waals surface area contributed by atoms with E-state index in [1.165, 1.54) is 0 Å². The van der Waals surface area contributed by atoms with Gasteiger partial charge in [0.25, 0.3) is 5.91 Å². The number of nitrogens with zero attached hydrogens (tertiary/aromatic N) is 3. The summed E-state index contributed by atoms with van der Waals surface area (Å²) >= 11 is 0. The van der Waals surface area contributed by atoms with Crippen LogP contribution in [0.4, 0.5) is 0 Å². The quantitative estimate of drug-likeness (QED) is 0.759. The lowest BCUT2D eigenvalue weighted by atomic mass is 10.1. The van der Waals surface area contributed by atoms with E-state index in [-0.39, 0.29) is 17.9 Å². The minimum atomic E-state index is -0.126. The number of nitrogens with one attached hydrogen (secondary N) is 1. The molecule has 162 valence electrons. The molecule has 7 heteroatoms. The van der Waals surface area contributed by atoms with Gasteiger partial charge < -0.3 is 15.0 Å². The molecule has 1 aromatic heterocycles. The molecule has 7 nitrogen and oxygen atoms in total. The molecule has 1 fully saturated rings. The Labute approximate surface area is 178 Å². The molecule has 2 amide bonds. The summed E-state index contributed by atoms with van der Waals surface area (Å²) in [6, 6.07) is 9.61. The molecular weight excluding hydrogens is 380 g/mol. The van der Waals surface area contributed by atoms with E-state index in [0.717, 1.165) is 29.8 Å². The number of rotatable bonds is 7. The molecule has 0 radical (unpaired) electrons. The minimum Gasteiger partial charge on any atom is -0.497 e. The molecule has 1 aliphatic heterocycles. The summed E-state index contributed by atoms with van der Waals surface area (Å²) in [6.45, 7) is 5.43. The normalized spacial score (nSPS) is 17.2. The van der Waals surface area contributed by atoms with Gasteiger partial charge >= 0.3 is 0 Å². The van der Waals surface area contributed by atoms with Crippen molar-refractivity contribution in [3.63, 3.8) is 0 Å². The lowest BCUT2D eigenvalue weighted by molar-refractivity contribution is -0.131. The molecule has 3 rings (SSSR count). The molecule has 30 heavy (non-hydrogen) atoms. The summed E-state index contributed by atoms with van der Waals surface area (Å²) in [7, 11) is 3.43. The highest BCUT2D eigenvalue weighted by Crippen LogP contribution is 2.19. The average Bonchev–Trinajstić information content (AvgIpc) is 2.98. The van der Waals surface area contributed by atoms with Crippen LogP contribution >= 0.6 is 0 Å². The second-order valence-electron chi connectivity index (χ2n) is 8.41. The number of amides is 2. The van der Waals surface area contributed by atoms with E-state index in [0.29, 0.717) is 37.5 Å². The fraction of sp³-hybridized carbons (Fsp3) is 0.522. The van der Waals surface area contributed by atoms with Crippen molar-refractivity contribution in [1.82, 2.24) is 20.0 Å². The number of methoxy groups -OCH3 is 1. The van der Waals surface area contributed by atoms with Gasteiger partial charge in [0.1, 0.15) is 11.4 Å². The van der Waals surface area contributed by atoms with Crippen LogP contribution in [0.3, 0.4) is 0 Å². The fourth-order valence-electron chi connectivity index (χ4n) is 3.86. The number of hydrogen-bond donors (Lipinski definition) is 1. The van der Waals surface area contributed by atoms with Gasteiger partial charge in [0.05, 0.1) is 12.8 Å². The van der Waals surface area contributed by atoms with Crippen LogP contribution in [0.1, 0.15) is 54.9 Å². The maximum absolute atomic E-state index is 12.8. The Bertz CT molecular complexity index is 890. The average molecular weight is 413 g/mol. The summed E-state index contributed by atoms with van der Waals surface area (Å²) in [5, 5.41) is 7.56. The molecule has 0 spiro atoms. The van der Waals surface area contributed by atoms with Crippen molar-refractivity contribution in [2.24, 2.45) is 13.0 Å². The standard InChI is InChI=1S/C23H32N4O3/c1-16(2)12-19-14-21(26(3)25-19)23(29)24-18-8-9-22(28)27(11-10-18)15-17-6-5-7-20(13-17)30-4/h5-7,13-14,16,18H,8-12,15H2,1-4H3,(H,24,29). The van der Waals surface area contributed by atoms with E-state index in [1.807, 2.05) is 35.2 Å². The Balaban J connectivity index is 1.59.